The molecule has 0 unspecified atom stereocenters. The molecule has 2 aromatic heterocycles. The van der Waals surface area contributed by atoms with E-state index in [9.17, 15) is 4.79 Å². The average molecular weight is 260 g/mol. The number of nitrogens with zero attached hydrogens (tertiary/aromatic N) is 3. The van der Waals surface area contributed by atoms with Gasteiger partial charge in [-0.1, -0.05) is 20.8 Å². The Morgan fingerprint density at radius 1 is 1.42 bits per heavy atom. The van der Waals surface area contributed by atoms with Crippen LogP contribution in [-0.2, 0) is 19.9 Å². The van der Waals surface area contributed by atoms with Crippen LogP contribution in [0.2, 0.25) is 0 Å². The molecule has 1 N–H and O–H groups in total. The molecule has 0 saturated carbocycles. The van der Waals surface area contributed by atoms with Crippen LogP contribution in [-0.4, -0.2) is 19.7 Å². The predicted octanol–water partition coefficient (Wildman–Crippen LogP) is 1.93. The van der Waals surface area contributed by atoms with E-state index in [1.165, 1.54) is 0 Å². The highest BCUT2D eigenvalue weighted by Gasteiger charge is 2.12. The molecular formula is C14H20N4O. The van der Waals surface area contributed by atoms with Crippen LogP contribution < -0.4 is 5.56 Å². The molecule has 0 aromatic carbocycles. The first-order valence-electron chi connectivity index (χ1n) is 6.62. The van der Waals surface area contributed by atoms with Crippen molar-refractivity contribution >= 4 is 0 Å². The molecule has 0 aliphatic heterocycles. The van der Waals surface area contributed by atoms with E-state index in [4.69, 9.17) is 0 Å². The zero-order valence-electron chi connectivity index (χ0n) is 11.9. The zero-order valence-corrected chi connectivity index (χ0v) is 11.9. The third-order valence-corrected chi connectivity index (χ3v) is 2.91. The molecule has 0 fully saturated rings. The number of nitrogens with one attached hydrogen (secondary N) is 1. The lowest BCUT2D eigenvalue weighted by Gasteiger charge is -2.06. The maximum Gasteiger partial charge on any atom is 0.251 e. The molecule has 0 aliphatic carbocycles. The van der Waals surface area contributed by atoms with Crippen molar-refractivity contribution in [2.45, 2.75) is 33.6 Å². The molecule has 5 heteroatoms. The number of hydrogen-bond acceptors (Lipinski definition) is 3. The standard InChI is InChI=1S/C14H20N4O/c1-5-12-11(8-18(4)17-12)14-15-10(6-9(2)3)7-13(19)16-14/h7-9H,5-6H2,1-4H3,(H,15,16,19). The fourth-order valence-corrected chi connectivity index (χ4v) is 2.15. The highest BCUT2D eigenvalue weighted by atomic mass is 16.1. The number of aryl methyl sites for hydroxylation is 2. The summed E-state index contributed by atoms with van der Waals surface area (Å²) in [6.07, 6.45) is 3.52. The first kappa shape index (κ1) is 13.5. The number of hydrogen-bond donors (Lipinski definition) is 1. The lowest BCUT2D eigenvalue weighted by atomic mass is 10.1. The lowest BCUT2D eigenvalue weighted by molar-refractivity contribution is 0.634. The summed E-state index contributed by atoms with van der Waals surface area (Å²) >= 11 is 0. The summed E-state index contributed by atoms with van der Waals surface area (Å²) in [6.45, 7) is 6.27. The zero-order chi connectivity index (χ0) is 14.0. The van der Waals surface area contributed by atoms with Gasteiger partial charge in [0.15, 0.2) is 0 Å². The smallest absolute Gasteiger partial charge is 0.251 e. The van der Waals surface area contributed by atoms with Crippen molar-refractivity contribution in [3.8, 4) is 11.4 Å². The number of rotatable bonds is 4. The molecule has 0 saturated heterocycles. The topological polar surface area (TPSA) is 63.6 Å². The van der Waals surface area contributed by atoms with Crippen LogP contribution in [0.15, 0.2) is 17.1 Å². The second-order valence-electron chi connectivity index (χ2n) is 5.20. The van der Waals surface area contributed by atoms with Crippen LogP contribution in [0.4, 0.5) is 0 Å². The Balaban J connectivity index is 2.49. The molecule has 5 nitrogen and oxygen atoms in total. The normalized spacial score (nSPS) is 11.2. The molecule has 0 aliphatic rings. The molecule has 2 aromatic rings. The molecule has 19 heavy (non-hydrogen) atoms. The molecule has 0 amide bonds. The Labute approximate surface area is 112 Å². The molecule has 2 rings (SSSR count). The maximum atomic E-state index is 11.7. The van der Waals surface area contributed by atoms with Crippen LogP contribution in [0.25, 0.3) is 11.4 Å². The van der Waals surface area contributed by atoms with Crippen LogP contribution in [0.1, 0.15) is 32.2 Å². The van der Waals surface area contributed by atoms with E-state index in [0.717, 1.165) is 29.8 Å². The van der Waals surface area contributed by atoms with Crippen LogP contribution in [0.3, 0.4) is 0 Å². The quantitative estimate of drug-likeness (QED) is 0.913. The number of H-pyrrole nitrogens is 1. The van der Waals surface area contributed by atoms with Gasteiger partial charge in [0.25, 0.3) is 5.56 Å². The summed E-state index contributed by atoms with van der Waals surface area (Å²) in [5.41, 5.74) is 2.59. The first-order chi connectivity index (χ1) is 8.99. The maximum absolute atomic E-state index is 11.7. The summed E-state index contributed by atoms with van der Waals surface area (Å²) in [6, 6.07) is 1.57. The van der Waals surface area contributed by atoms with Gasteiger partial charge >= 0.3 is 0 Å². The minimum Gasteiger partial charge on any atom is -0.306 e. The number of aromatic amines is 1. The van der Waals surface area contributed by atoms with Crippen molar-refractivity contribution in [3.63, 3.8) is 0 Å². The van der Waals surface area contributed by atoms with Crippen LogP contribution in [0.5, 0.6) is 0 Å². The fraction of sp³-hybridized carbons (Fsp3) is 0.500. The van der Waals surface area contributed by atoms with Crippen LogP contribution in [0, 0.1) is 5.92 Å². The predicted molar refractivity (Wildman–Crippen MR) is 75.0 cm³/mol. The highest BCUT2D eigenvalue weighted by Crippen LogP contribution is 2.19. The summed E-state index contributed by atoms with van der Waals surface area (Å²) in [4.78, 5) is 19.1. The summed E-state index contributed by atoms with van der Waals surface area (Å²) < 4.78 is 1.75. The summed E-state index contributed by atoms with van der Waals surface area (Å²) in [7, 11) is 1.87. The fourth-order valence-electron chi connectivity index (χ4n) is 2.15. The van der Waals surface area contributed by atoms with Gasteiger partial charge in [-0.25, -0.2) is 4.98 Å². The average Bonchev–Trinajstić information content (AvgIpc) is 2.68. The van der Waals surface area contributed by atoms with Crippen molar-refractivity contribution in [1.82, 2.24) is 19.7 Å². The minimum atomic E-state index is -0.105. The van der Waals surface area contributed by atoms with Gasteiger partial charge < -0.3 is 4.98 Å². The molecule has 0 radical (unpaired) electrons. The van der Waals surface area contributed by atoms with E-state index in [-0.39, 0.29) is 5.56 Å². The summed E-state index contributed by atoms with van der Waals surface area (Å²) in [5, 5.41) is 4.38. The van der Waals surface area contributed by atoms with Gasteiger partial charge in [-0.3, -0.25) is 9.48 Å². The van der Waals surface area contributed by atoms with Gasteiger partial charge in [0.1, 0.15) is 5.82 Å². The Bertz CT molecular complexity index is 625. The van der Waals surface area contributed by atoms with E-state index >= 15 is 0 Å². The largest absolute Gasteiger partial charge is 0.306 e. The van der Waals surface area contributed by atoms with E-state index < -0.39 is 0 Å². The van der Waals surface area contributed by atoms with Crippen molar-refractivity contribution in [3.05, 3.63) is 34.0 Å². The highest BCUT2D eigenvalue weighted by molar-refractivity contribution is 5.57. The third-order valence-electron chi connectivity index (χ3n) is 2.91. The van der Waals surface area contributed by atoms with Crippen molar-refractivity contribution < 1.29 is 0 Å². The molecule has 0 atom stereocenters. The Morgan fingerprint density at radius 3 is 2.79 bits per heavy atom. The molecule has 0 bridgehead atoms. The molecule has 2 heterocycles. The van der Waals surface area contributed by atoms with Gasteiger partial charge in [-0.15, -0.1) is 0 Å². The molecular weight excluding hydrogens is 240 g/mol. The van der Waals surface area contributed by atoms with E-state index in [1.54, 1.807) is 10.7 Å². The van der Waals surface area contributed by atoms with Gasteiger partial charge in [-0.2, -0.15) is 5.10 Å². The van der Waals surface area contributed by atoms with E-state index in [1.807, 2.05) is 20.2 Å². The molecule has 102 valence electrons. The van der Waals surface area contributed by atoms with Crippen molar-refractivity contribution in [2.24, 2.45) is 13.0 Å². The lowest BCUT2D eigenvalue weighted by Crippen LogP contribution is -2.12. The van der Waals surface area contributed by atoms with Gasteiger partial charge in [0, 0.05) is 25.0 Å². The van der Waals surface area contributed by atoms with E-state index in [2.05, 4.69) is 28.9 Å². The Kier molecular flexibility index (Phi) is 3.83. The van der Waals surface area contributed by atoms with Crippen molar-refractivity contribution in [2.75, 3.05) is 0 Å². The van der Waals surface area contributed by atoms with Gasteiger partial charge in [0.2, 0.25) is 0 Å². The second-order valence-corrected chi connectivity index (χ2v) is 5.20. The minimum absolute atomic E-state index is 0.105. The second kappa shape index (κ2) is 5.38. The van der Waals surface area contributed by atoms with E-state index in [0.29, 0.717) is 11.7 Å². The van der Waals surface area contributed by atoms with Gasteiger partial charge in [0.05, 0.1) is 11.3 Å². The first-order valence-corrected chi connectivity index (χ1v) is 6.62. The SMILES string of the molecule is CCc1nn(C)cc1-c1nc(CC(C)C)cc(=O)[nH]1. The molecule has 0 spiro atoms. The van der Waals surface area contributed by atoms with Crippen LogP contribution >= 0.6 is 0 Å². The van der Waals surface area contributed by atoms with Crippen molar-refractivity contribution in [1.29, 1.82) is 0 Å². The van der Waals surface area contributed by atoms with Gasteiger partial charge in [-0.05, 0) is 18.8 Å². The Morgan fingerprint density at radius 2 is 2.16 bits per heavy atom. The monoisotopic (exact) mass is 260 g/mol. The number of aromatic nitrogens is 4. The summed E-state index contributed by atoms with van der Waals surface area (Å²) in [5.74, 6) is 1.09. The Hall–Kier alpha value is -1.91. The third kappa shape index (κ3) is 3.10.